The standard InChI is InChI=1S/C17H18F6N2O5S2/c1-17(16(27)24-28,31(2,29)30)7-8-25-10-14(18)13(9-15(25)26)11-3-5-12(6-4-11)32(19,20,21,22)23/h3-6,9-10,28H,7-8H2,1-2H3,(H,24,27)/t17-/m1/s1. The fourth-order valence-corrected chi connectivity index (χ4v) is 4.25. The highest BCUT2D eigenvalue weighted by Gasteiger charge is 2.65. The molecule has 1 aromatic heterocycles. The number of sulfone groups is 1. The molecule has 1 atom stereocenters. The Bertz CT molecular complexity index is 1230. The zero-order valence-corrected chi connectivity index (χ0v) is 18.1. The molecule has 32 heavy (non-hydrogen) atoms. The number of hydrogen-bond donors (Lipinski definition) is 2. The van der Waals surface area contributed by atoms with Gasteiger partial charge in [0.15, 0.2) is 14.6 Å². The summed E-state index contributed by atoms with van der Waals surface area (Å²) < 4.78 is 101. The van der Waals surface area contributed by atoms with E-state index in [1.165, 1.54) is 5.48 Å². The number of carbonyl (C=O) groups excluding carboxylic acids is 1. The van der Waals surface area contributed by atoms with Gasteiger partial charge >= 0.3 is 10.2 Å². The van der Waals surface area contributed by atoms with Crippen LogP contribution in [-0.2, 0) is 21.2 Å². The molecule has 0 saturated carbocycles. The average molecular weight is 508 g/mol. The van der Waals surface area contributed by atoms with Gasteiger partial charge in [0.2, 0.25) is 0 Å². The van der Waals surface area contributed by atoms with Gasteiger partial charge < -0.3 is 4.57 Å². The number of benzene rings is 1. The molecule has 0 radical (unpaired) electrons. The first-order chi connectivity index (χ1) is 14.2. The summed E-state index contributed by atoms with van der Waals surface area (Å²) in [5, 5.41) is 8.79. The summed E-state index contributed by atoms with van der Waals surface area (Å²) in [6.45, 7) is 0.514. The number of hydroxylamine groups is 1. The molecule has 0 spiro atoms. The quantitative estimate of drug-likeness (QED) is 0.334. The minimum Gasteiger partial charge on any atom is -0.312 e. The van der Waals surface area contributed by atoms with Crippen LogP contribution >= 0.6 is 10.2 Å². The Kier molecular flexibility index (Phi) is 5.83. The van der Waals surface area contributed by atoms with Crippen molar-refractivity contribution < 1.29 is 42.2 Å². The fourth-order valence-electron chi connectivity index (χ4n) is 2.75. The molecule has 0 aliphatic rings. The molecule has 0 saturated heterocycles. The van der Waals surface area contributed by atoms with Crippen molar-refractivity contribution >= 4 is 26.0 Å². The Balaban J connectivity index is 2.40. The zero-order chi connectivity index (χ0) is 24.8. The Hall–Kier alpha value is -2.52. The molecule has 2 aromatic rings. The Morgan fingerprint density at radius 1 is 1.16 bits per heavy atom. The van der Waals surface area contributed by atoms with Crippen LogP contribution < -0.4 is 11.0 Å². The smallest absolute Gasteiger partial charge is 0.310 e. The maximum atomic E-state index is 14.5. The highest BCUT2D eigenvalue weighted by atomic mass is 32.5. The minimum absolute atomic E-state index is 0.0763. The van der Waals surface area contributed by atoms with Crippen LogP contribution in [0.2, 0.25) is 0 Å². The van der Waals surface area contributed by atoms with Gasteiger partial charge in [-0.15, -0.1) is 0 Å². The van der Waals surface area contributed by atoms with E-state index in [9.17, 15) is 41.8 Å². The van der Waals surface area contributed by atoms with Crippen LogP contribution in [0.4, 0.5) is 23.8 Å². The normalized spacial score (nSPS) is 16.5. The molecule has 0 aliphatic heterocycles. The molecular formula is C17H18F6N2O5S2. The second-order valence-corrected chi connectivity index (χ2v) is 12.1. The lowest BCUT2D eigenvalue weighted by Crippen LogP contribution is -2.50. The third-order valence-electron chi connectivity index (χ3n) is 4.92. The van der Waals surface area contributed by atoms with Crippen molar-refractivity contribution in [3.05, 3.63) is 52.7 Å². The summed E-state index contributed by atoms with van der Waals surface area (Å²) in [6.07, 6.45) is 0.829. The Morgan fingerprint density at radius 2 is 1.69 bits per heavy atom. The molecule has 15 heteroatoms. The molecule has 0 aliphatic carbocycles. The summed E-state index contributed by atoms with van der Waals surface area (Å²) in [5.74, 6) is -2.38. The van der Waals surface area contributed by atoms with Crippen LogP contribution in [0.5, 0.6) is 0 Å². The van der Waals surface area contributed by atoms with Crippen molar-refractivity contribution in [2.24, 2.45) is 0 Å². The number of aryl methyl sites for hydroxylation is 1. The van der Waals surface area contributed by atoms with Crippen LogP contribution in [0.25, 0.3) is 11.1 Å². The lowest BCUT2D eigenvalue weighted by atomic mass is 10.1. The van der Waals surface area contributed by atoms with Crippen molar-refractivity contribution in [1.29, 1.82) is 0 Å². The number of pyridine rings is 1. The molecule has 0 fully saturated rings. The van der Waals surface area contributed by atoms with Crippen molar-refractivity contribution in [2.75, 3.05) is 6.26 Å². The van der Waals surface area contributed by atoms with Gasteiger partial charge in [-0.3, -0.25) is 14.8 Å². The highest BCUT2D eigenvalue weighted by Crippen LogP contribution is 3.02. The molecule has 180 valence electrons. The maximum Gasteiger partial charge on any atom is 0.310 e. The van der Waals surface area contributed by atoms with E-state index >= 15 is 0 Å². The summed E-state index contributed by atoms with van der Waals surface area (Å²) in [6, 6.07) is 2.01. The number of nitrogens with zero attached hydrogens (tertiary/aromatic N) is 1. The minimum atomic E-state index is -9.92. The molecule has 2 rings (SSSR count). The summed E-state index contributed by atoms with van der Waals surface area (Å²) in [7, 11) is -14.0. The molecule has 1 amide bonds. The first-order valence-electron chi connectivity index (χ1n) is 8.58. The molecule has 0 unspecified atom stereocenters. The molecule has 2 N–H and O–H groups in total. The van der Waals surface area contributed by atoms with Gasteiger partial charge in [0, 0.05) is 30.6 Å². The molecule has 7 nitrogen and oxygen atoms in total. The van der Waals surface area contributed by atoms with Crippen LogP contribution in [0.1, 0.15) is 13.3 Å². The van der Waals surface area contributed by atoms with Gasteiger partial charge in [-0.1, -0.05) is 31.6 Å². The number of carbonyl (C=O) groups is 1. The summed E-state index contributed by atoms with van der Waals surface area (Å²) in [5.41, 5.74) is -0.442. The van der Waals surface area contributed by atoms with E-state index in [1.54, 1.807) is 0 Å². The Morgan fingerprint density at radius 3 is 2.12 bits per heavy atom. The average Bonchev–Trinajstić information content (AvgIpc) is 2.64. The zero-order valence-electron chi connectivity index (χ0n) is 16.5. The van der Waals surface area contributed by atoms with E-state index in [-0.39, 0.29) is 17.7 Å². The molecule has 1 heterocycles. The van der Waals surface area contributed by atoms with Crippen molar-refractivity contribution in [3.63, 3.8) is 0 Å². The second-order valence-electron chi connectivity index (χ2n) is 7.25. The van der Waals surface area contributed by atoms with E-state index < -0.39 is 65.5 Å². The first kappa shape index (κ1) is 25.7. The van der Waals surface area contributed by atoms with Crippen LogP contribution in [-0.4, -0.2) is 35.1 Å². The van der Waals surface area contributed by atoms with Gasteiger partial charge in [0.1, 0.15) is 10.7 Å². The monoisotopic (exact) mass is 508 g/mol. The van der Waals surface area contributed by atoms with Gasteiger partial charge in [-0.2, -0.15) is 0 Å². The number of amides is 1. The predicted octanol–water partition coefficient (Wildman–Crippen LogP) is 4.01. The first-order valence-corrected chi connectivity index (χ1v) is 12.4. The van der Waals surface area contributed by atoms with Crippen LogP contribution in [0.15, 0.2) is 46.2 Å². The highest BCUT2D eigenvalue weighted by molar-refractivity contribution is 8.45. The van der Waals surface area contributed by atoms with Crippen molar-refractivity contribution in [1.82, 2.24) is 10.0 Å². The number of halogens is 6. The van der Waals surface area contributed by atoms with Gasteiger partial charge in [0.25, 0.3) is 11.5 Å². The van der Waals surface area contributed by atoms with E-state index in [2.05, 4.69) is 0 Å². The number of rotatable bonds is 7. The second kappa shape index (κ2) is 7.25. The Labute approximate surface area is 178 Å². The molecule has 1 aromatic carbocycles. The van der Waals surface area contributed by atoms with Crippen molar-refractivity contribution in [2.45, 2.75) is 29.5 Å². The fraction of sp³-hybridized carbons (Fsp3) is 0.294. The van der Waals surface area contributed by atoms with E-state index in [0.29, 0.717) is 24.4 Å². The number of hydrogen-bond acceptors (Lipinski definition) is 5. The van der Waals surface area contributed by atoms with Gasteiger partial charge in [0.05, 0.1) is 0 Å². The van der Waals surface area contributed by atoms with Crippen LogP contribution in [0.3, 0.4) is 0 Å². The van der Waals surface area contributed by atoms with Gasteiger partial charge in [-0.05, 0) is 31.0 Å². The summed E-state index contributed by atoms with van der Waals surface area (Å²) in [4.78, 5) is 21.9. The maximum absolute atomic E-state index is 14.5. The van der Waals surface area contributed by atoms with E-state index in [0.717, 1.165) is 17.7 Å². The topological polar surface area (TPSA) is 105 Å². The third kappa shape index (κ3) is 5.27. The van der Waals surface area contributed by atoms with E-state index in [1.807, 2.05) is 0 Å². The predicted molar refractivity (Wildman–Crippen MR) is 105 cm³/mol. The SMILES string of the molecule is C[C@@](CCn1cc(F)c(-c2ccc(S(F)(F)(F)(F)F)cc2)cc1=O)(C(=O)NO)S(C)(=O)=O. The number of aromatic nitrogens is 1. The summed E-state index contributed by atoms with van der Waals surface area (Å²) >= 11 is 0. The van der Waals surface area contributed by atoms with E-state index in [4.69, 9.17) is 5.21 Å². The lowest BCUT2D eigenvalue weighted by Gasteiger charge is -2.40. The largest absolute Gasteiger partial charge is 0.312 e. The van der Waals surface area contributed by atoms with Crippen LogP contribution in [0, 0.1) is 5.82 Å². The molecule has 0 bridgehead atoms. The lowest BCUT2D eigenvalue weighted by molar-refractivity contribution is -0.131. The number of nitrogens with one attached hydrogen (secondary N) is 1. The molecular weight excluding hydrogens is 490 g/mol. The van der Waals surface area contributed by atoms with Gasteiger partial charge in [-0.25, -0.2) is 18.3 Å². The third-order valence-corrected chi connectivity index (χ3v) is 8.11. The van der Waals surface area contributed by atoms with Crippen molar-refractivity contribution in [3.8, 4) is 11.1 Å².